The van der Waals surface area contributed by atoms with Crippen molar-refractivity contribution in [2.24, 2.45) is 5.41 Å². The van der Waals surface area contributed by atoms with Crippen LogP contribution in [-0.2, 0) is 11.0 Å². The first kappa shape index (κ1) is 26.7. The van der Waals surface area contributed by atoms with Crippen molar-refractivity contribution in [1.29, 1.82) is 0 Å². The number of nitrogens with zero attached hydrogens (tertiary/aromatic N) is 1. The predicted molar refractivity (Wildman–Crippen MR) is 150 cm³/mol. The number of nitrogens with one attached hydrogen (secondary N) is 1. The quantitative estimate of drug-likeness (QED) is 0.259. The Kier molecular flexibility index (Phi) is 6.06. The summed E-state index contributed by atoms with van der Waals surface area (Å²) in [7, 11) is 0. The molecule has 3 aliphatic rings. The first-order chi connectivity index (χ1) is 19.4. The minimum absolute atomic E-state index is 0.0226. The summed E-state index contributed by atoms with van der Waals surface area (Å²) < 4.78 is 40.5. The first-order valence-electron chi connectivity index (χ1n) is 13.4. The number of Topliss-reactive ketones (excluding diaryl/α,β-unsaturated/α-hetero) is 3. The van der Waals surface area contributed by atoms with Gasteiger partial charge in [0.05, 0.1) is 28.6 Å². The molecule has 1 N–H and O–H groups in total. The molecule has 8 heteroatoms. The number of halogens is 3. The molecule has 1 heterocycles. The third-order valence-electron chi connectivity index (χ3n) is 8.05. The molecule has 0 saturated carbocycles. The maximum Gasteiger partial charge on any atom is 0.416 e. The number of para-hydroxylation sites is 2. The molecule has 1 aliphatic heterocycles. The predicted octanol–water partition coefficient (Wildman–Crippen LogP) is 7.68. The van der Waals surface area contributed by atoms with Gasteiger partial charge in [-0.15, -0.1) is 0 Å². The van der Waals surface area contributed by atoms with Gasteiger partial charge in [-0.1, -0.05) is 62.4 Å². The highest BCUT2D eigenvalue weighted by molar-refractivity contribution is 6.40. The summed E-state index contributed by atoms with van der Waals surface area (Å²) in [6.45, 7) is 5.66. The van der Waals surface area contributed by atoms with E-state index in [9.17, 15) is 27.6 Å². The van der Waals surface area contributed by atoms with E-state index in [1.807, 2.05) is 32.0 Å². The summed E-state index contributed by atoms with van der Waals surface area (Å²) in [6.07, 6.45) is -3.75. The number of hydrogen-bond acceptors (Lipinski definition) is 5. The van der Waals surface area contributed by atoms with Crippen LogP contribution in [0.3, 0.4) is 0 Å². The number of allylic oxidation sites excluding steroid dienone is 3. The van der Waals surface area contributed by atoms with Gasteiger partial charge in [-0.2, -0.15) is 13.2 Å². The van der Waals surface area contributed by atoms with Gasteiger partial charge in [-0.3, -0.25) is 14.4 Å². The van der Waals surface area contributed by atoms with Crippen molar-refractivity contribution in [3.05, 3.63) is 118 Å². The molecule has 0 fully saturated rings. The summed E-state index contributed by atoms with van der Waals surface area (Å²) in [5.74, 6) is -0.986. The maximum atomic E-state index is 13.9. The van der Waals surface area contributed by atoms with E-state index < -0.39 is 29.3 Å². The van der Waals surface area contributed by atoms with Crippen molar-refractivity contribution in [2.75, 3.05) is 10.2 Å². The molecule has 0 aromatic heterocycles. The van der Waals surface area contributed by atoms with Crippen molar-refractivity contribution in [2.45, 2.75) is 45.8 Å². The van der Waals surface area contributed by atoms with Crippen LogP contribution in [0.25, 0.3) is 0 Å². The number of ketones is 3. The molecule has 6 rings (SSSR count). The Balaban J connectivity index is 1.64. The normalized spacial score (nSPS) is 19.9. The molecule has 208 valence electrons. The lowest BCUT2D eigenvalue weighted by molar-refractivity contribution is -0.137. The molecular weight excluding hydrogens is 529 g/mol. The van der Waals surface area contributed by atoms with Crippen LogP contribution in [0.2, 0.25) is 0 Å². The molecule has 0 amide bonds. The van der Waals surface area contributed by atoms with Gasteiger partial charge in [0.2, 0.25) is 0 Å². The van der Waals surface area contributed by atoms with Crippen molar-refractivity contribution in [3.8, 4) is 0 Å². The van der Waals surface area contributed by atoms with Crippen LogP contribution in [0.15, 0.2) is 95.3 Å². The summed E-state index contributed by atoms with van der Waals surface area (Å²) in [5.41, 5.74) is 2.53. The molecule has 0 bridgehead atoms. The standard InChI is InChI=1S/C33H27F3N2O3/c1-18(27-30(40)21-8-4-5-9-22(21)31(27)41)38-25-11-7-6-10-23(25)37-24-16-32(2,3)17-26(39)28(24)29(38)19-12-14-20(15-13-19)33(34,35)36/h4-15,29,37H,16-17H2,1-3H3/t29-/m1/s1. The van der Waals surface area contributed by atoms with Crippen LogP contribution in [0.4, 0.5) is 24.5 Å². The van der Waals surface area contributed by atoms with E-state index in [1.54, 1.807) is 42.2 Å². The van der Waals surface area contributed by atoms with Crippen molar-refractivity contribution in [3.63, 3.8) is 0 Å². The van der Waals surface area contributed by atoms with Crippen LogP contribution < -0.4 is 10.2 Å². The zero-order chi connectivity index (χ0) is 29.3. The lowest BCUT2D eigenvalue weighted by atomic mass is 9.73. The molecule has 1 atom stereocenters. The van der Waals surface area contributed by atoms with Gasteiger partial charge in [0, 0.05) is 34.5 Å². The first-order valence-corrected chi connectivity index (χ1v) is 13.4. The minimum Gasteiger partial charge on any atom is -0.357 e. The molecule has 3 aromatic carbocycles. The number of fused-ring (bicyclic) bond motifs is 2. The van der Waals surface area contributed by atoms with E-state index in [0.717, 1.165) is 12.1 Å². The number of alkyl halides is 3. The van der Waals surface area contributed by atoms with Gasteiger partial charge >= 0.3 is 6.18 Å². The lowest BCUT2D eigenvalue weighted by Crippen LogP contribution is -2.36. The number of hydrogen-bond donors (Lipinski definition) is 1. The van der Waals surface area contributed by atoms with E-state index in [0.29, 0.717) is 51.5 Å². The molecule has 0 spiro atoms. The topological polar surface area (TPSA) is 66.5 Å². The third-order valence-corrected chi connectivity index (χ3v) is 8.05. The minimum atomic E-state index is -4.53. The van der Waals surface area contributed by atoms with Gasteiger partial charge in [0.25, 0.3) is 0 Å². The number of rotatable bonds is 2. The maximum absolute atomic E-state index is 13.9. The third kappa shape index (κ3) is 4.38. The van der Waals surface area contributed by atoms with Crippen LogP contribution in [0.1, 0.15) is 71.5 Å². The number of benzene rings is 3. The molecule has 41 heavy (non-hydrogen) atoms. The molecule has 3 aromatic rings. The average Bonchev–Trinajstić information content (AvgIpc) is 3.07. The van der Waals surface area contributed by atoms with Gasteiger partial charge in [-0.05, 0) is 48.6 Å². The van der Waals surface area contributed by atoms with E-state index in [1.165, 1.54) is 12.1 Å². The van der Waals surface area contributed by atoms with Gasteiger partial charge in [-0.25, -0.2) is 0 Å². The monoisotopic (exact) mass is 556 g/mol. The Morgan fingerprint density at radius 2 is 1.44 bits per heavy atom. The second-order valence-electron chi connectivity index (χ2n) is 11.5. The van der Waals surface area contributed by atoms with Crippen LogP contribution in [-0.4, -0.2) is 17.3 Å². The molecule has 0 unspecified atom stereocenters. The molecule has 5 nitrogen and oxygen atoms in total. The summed E-state index contributed by atoms with van der Waals surface area (Å²) in [4.78, 5) is 42.9. The van der Waals surface area contributed by atoms with Crippen LogP contribution in [0, 0.1) is 5.41 Å². The zero-order valence-corrected chi connectivity index (χ0v) is 22.7. The van der Waals surface area contributed by atoms with Crippen LogP contribution >= 0.6 is 0 Å². The van der Waals surface area contributed by atoms with Crippen LogP contribution in [0.5, 0.6) is 0 Å². The highest BCUT2D eigenvalue weighted by atomic mass is 19.4. The summed E-state index contributed by atoms with van der Waals surface area (Å²) >= 11 is 0. The highest BCUT2D eigenvalue weighted by Crippen LogP contribution is 2.50. The Hall–Kier alpha value is -4.46. The SMILES string of the molecule is CC(=C1C(=O)c2ccccc2C1=O)N1c2ccccc2NC2=C(C(=O)CC(C)(C)C2)[C@H]1c1ccc(C(F)(F)F)cc1. The number of carbonyl (C=O) groups is 3. The number of anilines is 2. The fourth-order valence-corrected chi connectivity index (χ4v) is 6.23. The lowest BCUT2D eigenvalue weighted by Gasteiger charge is -2.38. The van der Waals surface area contributed by atoms with Gasteiger partial charge in [0.15, 0.2) is 17.3 Å². The largest absolute Gasteiger partial charge is 0.416 e. The Labute approximate surface area is 235 Å². The van der Waals surface area contributed by atoms with E-state index in [-0.39, 0.29) is 23.2 Å². The highest BCUT2D eigenvalue weighted by Gasteiger charge is 2.44. The smallest absolute Gasteiger partial charge is 0.357 e. The second kappa shape index (κ2) is 9.29. The second-order valence-corrected chi connectivity index (χ2v) is 11.5. The van der Waals surface area contributed by atoms with Crippen molar-refractivity contribution < 1.29 is 27.6 Å². The Morgan fingerprint density at radius 1 is 0.854 bits per heavy atom. The fourth-order valence-electron chi connectivity index (χ4n) is 6.23. The van der Waals surface area contributed by atoms with Crippen molar-refractivity contribution >= 4 is 28.7 Å². The van der Waals surface area contributed by atoms with Gasteiger partial charge < -0.3 is 10.2 Å². The van der Waals surface area contributed by atoms with Gasteiger partial charge in [0.1, 0.15) is 0 Å². The average molecular weight is 557 g/mol. The summed E-state index contributed by atoms with van der Waals surface area (Å²) in [5, 5.41) is 3.44. The Morgan fingerprint density at radius 3 is 2.05 bits per heavy atom. The van der Waals surface area contributed by atoms with E-state index in [4.69, 9.17) is 0 Å². The Bertz CT molecular complexity index is 1660. The molecule has 0 saturated heterocycles. The fraction of sp³-hybridized carbons (Fsp3) is 0.242. The zero-order valence-electron chi connectivity index (χ0n) is 22.7. The molecule has 2 aliphatic carbocycles. The number of carbonyl (C=O) groups excluding carboxylic acids is 3. The van der Waals surface area contributed by atoms with E-state index >= 15 is 0 Å². The summed E-state index contributed by atoms with van der Waals surface area (Å²) in [6, 6.07) is 17.8. The van der Waals surface area contributed by atoms with E-state index in [2.05, 4.69) is 5.32 Å². The molecule has 0 radical (unpaired) electrons. The molecular formula is C33H27F3N2O3. The van der Waals surface area contributed by atoms with Crippen molar-refractivity contribution in [1.82, 2.24) is 0 Å².